The number of carbonyl (C=O) groups excluding carboxylic acids is 1. The smallest absolute Gasteiger partial charge is 0.353 e. The first-order valence-corrected chi connectivity index (χ1v) is 12.3. The molecule has 2 saturated heterocycles. The van der Waals surface area contributed by atoms with E-state index in [9.17, 15) is 26.4 Å². The average Bonchev–Trinajstić information content (AvgIpc) is 2.84. The number of anilines is 1. The molecule has 1 aromatic heterocycles. The van der Waals surface area contributed by atoms with Gasteiger partial charge in [0.15, 0.2) is 0 Å². The predicted octanol–water partition coefficient (Wildman–Crippen LogP) is 3.24. The lowest BCUT2D eigenvalue weighted by Crippen LogP contribution is -2.49. The zero-order chi connectivity index (χ0) is 23.6. The number of rotatable bonds is 4. The van der Waals surface area contributed by atoms with Crippen LogP contribution in [-0.4, -0.2) is 67.8 Å². The van der Waals surface area contributed by atoms with Crippen LogP contribution in [0, 0.1) is 0 Å². The van der Waals surface area contributed by atoms with Gasteiger partial charge in [-0.1, -0.05) is 6.42 Å². The molecule has 0 spiro atoms. The number of aromatic nitrogens is 1. The van der Waals surface area contributed by atoms with Crippen molar-refractivity contribution in [3.63, 3.8) is 0 Å². The summed E-state index contributed by atoms with van der Waals surface area (Å²) in [5.41, 5.74) is -0.403. The Morgan fingerprint density at radius 2 is 1.48 bits per heavy atom. The number of piperazine rings is 1. The highest BCUT2D eigenvalue weighted by atomic mass is 32.2. The molecule has 2 fully saturated rings. The summed E-state index contributed by atoms with van der Waals surface area (Å²) in [5.74, 6) is 0.222. The van der Waals surface area contributed by atoms with Crippen LogP contribution in [0.1, 0.15) is 35.2 Å². The van der Waals surface area contributed by atoms with Gasteiger partial charge in [-0.05, 0) is 49.2 Å². The Hall–Kier alpha value is -2.66. The van der Waals surface area contributed by atoms with Gasteiger partial charge in [0.2, 0.25) is 10.0 Å². The molecule has 0 radical (unpaired) electrons. The van der Waals surface area contributed by atoms with Gasteiger partial charge < -0.3 is 9.80 Å². The largest absolute Gasteiger partial charge is 0.417 e. The number of nitrogens with zero attached hydrogens (tertiary/aromatic N) is 4. The summed E-state index contributed by atoms with van der Waals surface area (Å²) in [5, 5.41) is 0. The van der Waals surface area contributed by atoms with Crippen molar-refractivity contribution in [1.29, 1.82) is 0 Å². The second-order valence-electron chi connectivity index (χ2n) is 8.17. The Morgan fingerprint density at radius 3 is 2.03 bits per heavy atom. The van der Waals surface area contributed by atoms with Gasteiger partial charge in [0, 0.05) is 51.0 Å². The molecular weight excluding hydrogens is 457 g/mol. The molecule has 0 N–H and O–H groups in total. The van der Waals surface area contributed by atoms with Gasteiger partial charge in [-0.15, -0.1) is 0 Å². The van der Waals surface area contributed by atoms with E-state index in [1.165, 1.54) is 34.6 Å². The highest BCUT2D eigenvalue weighted by molar-refractivity contribution is 7.89. The Balaban J connectivity index is 1.37. The third-order valence-corrected chi connectivity index (χ3v) is 7.93. The number of carbonyl (C=O) groups is 1. The Morgan fingerprint density at radius 1 is 0.848 bits per heavy atom. The van der Waals surface area contributed by atoms with Crippen LogP contribution in [-0.2, 0) is 16.2 Å². The zero-order valence-corrected chi connectivity index (χ0v) is 18.8. The summed E-state index contributed by atoms with van der Waals surface area (Å²) in [7, 11) is -3.56. The average molecular weight is 483 g/mol. The van der Waals surface area contributed by atoms with Crippen molar-refractivity contribution < 1.29 is 26.4 Å². The van der Waals surface area contributed by atoms with Crippen LogP contribution in [0.2, 0.25) is 0 Å². The Kier molecular flexibility index (Phi) is 6.62. The second kappa shape index (κ2) is 9.30. The van der Waals surface area contributed by atoms with Gasteiger partial charge in [-0.2, -0.15) is 17.5 Å². The lowest BCUT2D eigenvalue weighted by atomic mass is 10.2. The summed E-state index contributed by atoms with van der Waals surface area (Å²) in [4.78, 5) is 20.4. The van der Waals surface area contributed by atoms with Crippen molar-refractivity contribution in [2.75, 3.05) is 44.2 Å². The van der Waals surface area contributed by atoms with E-state index in [4.69, 9.17) is 0 Å². The van der Waals surface area contributed by atoms with Crippen LogP contribution in [0.4, 0.5) is 19.0 Å². The van der Waals surface area contributed by atoms with E-state index in [2.05, 4.69) is 4.98 Å². The summed E-state index contributed by atoms with van der Waals surface area (Å²) >= 11 is 0. The number of pyridine rings is 1. The molecule has 2 aromatic rings. The monoisotopic (exact) mass is 482 g/mol. The number of alkyl halides is 3. The molecule has 178 valence electrons. The molecule has 0 saturated carbocycles. The van der Waals surface area contributed by atoms with E-state index >= 15 is 0 Å². The fourth-order valence-electron chi connectivity index (χ4n) is 4.09. The van der Waals surface area contributed by atoms with Crippen molar-refractivity contribution in [2.24, 2.45) is 0 Å². The molecule has 2 aliphatic rings. The van der Waals surface area contributed by atoms with E-state index in [-0.39, 0.29) is 10.8 Å². The molecular formula is C22H25F3N4O3S. The van der Waals surface area contributed by atoms with Gasteiger partial charge in [0.25, 0.3) is 5.91 Å². The minimum Gasteiger partial charge on any atom is -0.353 e. The molecule has 7 nitrogen and oxygen atoms in total. The van der Waals surface area contributed by atoms with Crippen molar-refractivity contribution in [2.45, 2.75) is 30.3 Å². The van der Waals surface area contributed by atoms with Crippen molar-refractivity contribution in [3.8, 4) is 0 Å². The molecule has 33 heavy (non-hydrogen) atoms. The van der Waals surface area contributed by atoms with Crippen LogP contribution in [0.5, 0.6) is 0 Å². The van der Waals surface area contributed by atoms with E-state index in [0.29, 0.717) is 50.6 Å². The van der Waals surface area contributed by atoms with Crippen LogP contribution < -0.4 is 4.90 Å². The molecule has 4 rings (SSSR count). The summed E-state index contributed by atoms with van der Waals surface area (Å²) in [6.45, 7) is 2.67. The first-order valence-electron chi connectivity index (χ1n) is 10.8. The van der Waals surface area contributed by atoms with Gasteiger partial charge in [0.05, 0.1) is 10.5 Å². The normalized spacial score (nSPS) is 18.4. The summed E-state index contributed by atoms with van der Waals surface area (Å²) in [6, 6.07) is 8.34. The Labute approximate surface area is 190 Å². The first kappa shape index (κ1) is 23.5. The lowest BCUT2D eigenvalue weighted by Gasteiger charge is -2.35. The number of piperidine rings is 1. The molecule has 11 heteroatoms. The van der Waals surface area contributed by atoms with E-state index in [1.807, 2.05) is 4.90 Å². The molecule has 0 aliphatic carbocycles. The number of hydrogen-bond acceptors (Lipinski definition) is 5. The van der Waals surface area contributed by atoms with Crippen LogP contribution in [0.25, 0.3) is 0 Å². The minimum absolute atomic E-state index is 0.180. The first-order chi connectivity index (χ1) is 15.7. The molecule has 1 aromatic carbocycles. The van der Waals surface area contributed by atoms with E-state index < -0.39 is 21.8 Å². The molecule has 1 amide bonds. The number of benzene rings is 1. The highest BCUT2D eigenvalue weighted by Crippen LogP contribution is 2.29. The van der Waals surface area contributed by atoms with Crippen molar-refractivity contribution >= 4 is 21.7 Å². The maximum absolute atomic E-state index is 12.9. The second-order valence-corrected chi connectivity index (χ2v) is 10.1. The third kappa shape index (κ3) is 5.14. The fraction of sp³-hybridized carbons (Fsp3) is 0.455. The highest BCUT2D eigenvalue weighted by Gasteiger charge is 2.31. The van der Waals surface area contributed by atoms with Gasteiger partial charge in [-0.3, -0.25) is 4.79 Å². The van der Waals surface area contributed by atoms with Gasteiger partial charge in [-0.25, -0.2) is 13.4 Å². The predicted molar refractivity (Wildman–Crippen MR) is 116 cm³/mol. The SMILES string of the molecule is O=C(c1ccc(S(=O)(=O)N2CCCCC2)cc1)N1CCN(c2ccc(C(F)(F)F)cn2)CC1. The molecule has 0 bridgehead atoms. The number of hydrogen-bond donors (Lipinski definition) is 0. The van der Waals surface area contributed by atoms with Gasteiger partial charge >= 0.3 is 6.18 Å². The van der Waals surface area contributed by atoms with E-state index in [0.717, 1.165) is 31.5 Å². The zero-order valence-electron chi connectivity index (χ0n) is 18.0. The van der Waals surface area contributed by atoms with E-state index in [1.54, 1.807) is 4.90 Å². The number of sulfonamides is 1. The fourth-order valence-corrected chi connectivity index (χ4v) is 5.60. The topological polar surface area (TPSA) is 73.8 Å². The summed E-state index contributed by atoms with van der Waals surface area (Å²) < 4.78 is 65.2. The molecule has 0 unspecified atom stereocenters. The third-order valence-electron chi connectivity index (χ3n) is 6.02. The number of amides is 1. The van der Waals surface area contributed by atoms with Crippen LogP contribution in [0.3, 0.4) is 0 Å². The van der Waals surface area contributed by atoms with Gasteiger partial charge in [0.1, 0.15) is 5.82 Å². The molecule has 3 heterocycles. The van der Waals surface area contributed by atoms with Crippen molar-refractivity contribution in [3.05, 3.63) is 53.7 Å². The molecule has 2 aliphatic heterocycles. The molecule has 0 atom stereocenters. The minimum atomic E-state index is -4.43. The summed E-state index contributed by atoms with van der Waals surface area (Å²) in [6.07, 6.45) is -0.888. The quantitative estimate of drug-likeness (QED) is 0.669. The number of halogens is 3. The lowest BCUT2D eigenvalue weighted by molar-refractivity contribution is -0.137. The maximum atomic E-state index is 12.9. The Bertz CT molecular complexity index is 1080. The van der Waals surface area contributed by atoms with Crippen LogP contribution >= 0.6 is 0 Å². The maximum Gasteiger partial charge on any atom is 0.417 e. The van der Waals surface area contributed by atoms with Crippen LogP contribution in [0.15, 0.2) is 47.5 Å². The van der Waals surface area contributed by atoms with Crippen molar-refractivity contribution in [1.82, 2.24) is 14.2 Å². The standard InChI is InChI=1S/C22H25F3N4O3S/c23-22(24,25)18-6-9-20(26-16-18)27-12-14-28(15-13-27)21(30)17-4-7-19(8-5-17)33(31,32)29-10-2-1-3-11-29/h4-9,16H,1-3,10-15H2.